The van der Waals surface area contributed by atoms with Crippen LogP contribution in [0.3, 0.4) is 0 Å². The van der Waals surface area contributed by atoms with Gasteiger partial charge in [-0.25, -0.2) is 4.98 Å². The Balaban J connectivity index is 2.67. The molecule has 0 aliphatic carbocycles. The van der Waals surface area contributed by atoms with Crippen molar-refractivity contribution >= 4 is 33.4 Å². The lowest BCUT2D eigenvalue weighted by Crippen LogP contribution is -2.25. The van der Waals surface area contributed by atoms with Gasteiger partial charge >= 0.3 is 5.97 Å². The predicted octanol–water partition coefficient (Wildman–Crippen LogP) is 1.65. The lowest BCUT2D eigenvalue weighted by molar-refractivity contribution is -0.385. The van der Waals surface area contributed by atoms with Gasteiger partial charge in [0.15, 0.2) is 0 Å². The Labute approximate surface area is 117 Å². The summed E-state index contributed by atoms with van der Waals surface area (Å²) in [7, 11) is 1.41. The molecule has 19 heavy (non-hydrogen) atoms. The van der Waals surface area contributed by atoms with E-state index in [4.69, 9.17) is 9.84 Å². The lowest BCUT2D eigenvalue weighted by atomic mass is 10.2. The molecule has 1 aromatic heterocycles. The quantitative estimate of drug-likeness (QED) is 0.575. The van der Waals surface area contributed by atoms with Crippen LogP contribution in [-0.2, 0) is 9.53 Å². The van der Waals surface area contributed by atoms with E-state index in [1.165, 1.54) is 13.2 Å². The Morgan fingerprint density at radius 3 is 2.89 bits per heavy atom. The van der Waals surface area contributed by atoms with Crippen molar-refractivity contribution in [3.05, 3.63) is 26.9 Å². The van der Waals surface area contributed by atoms with Gasteiger partial charge in [0.25, 0.3) is 5.69 Å². The molecule has 1 heterocycles. The standard InChI is InChI=1S/C10H12BrN3O5/c1-19-7(3-9(15)16)5-13-10-8(11)2-6(4-12-10)14(17)18/h2,4,7H,3,5H2,1H3,(H,12,13)(H,15,16). The number of rotatable bonds is 7. The SMILES string of the molecule is COC(CNc1ncc([N+](=O)[O-])cc1Br)CC(=O)O. The molecule has 0 aromatic carbocycles. The first-order valence-corrected chi connectivity index (χ1v) is 6.01. The molecule has 1 atom stereocenters. The largest absolute Gasteiger partial charge is 0.481 e. The zero-order valence-electron chi connectivity index (χ0n) is 10.00. The Hall–Kier alpha value is -1.74. The first-order valence-electron chi connectivity index (χ1n) is 5.22. The number of halogens is 1. The van der Waals surface area contributed by atoms with Crippen molar-refractivity contribution in [2.75, 3.05) is 19.0 Å². The Bertz CT molecular complexity index is 482. The zero-order chi connectivity index (χ0) is 14.4. The van der Waals surface area contributed by atoms with Gasteiger partial charge in [-0.05, 0) is 15.9 Å². The summed E-state index contributed by atoms with van der Waals surface area (Å²) in [6.45, 7) is 0.228. The second-order valence-electron chi connectivity index (χ2n) is 3.62. The molecule has 0 saturated carbocycles. The minimum absolute atomic E-state index is 0.133. The van der Waals surface area contributed by atoms with Crippen LogP contribution in [0.4, 0.5) is 11.5 Å². The summed E-state index contributed by atoms with van der Waals surface area (Å²) in [5, 5.41) is 22.1. The number of methoxy groups -OCH3 is 1. The van der Waals surface area contributed by atoms with Gasteiger partial charge in [-0.1, -0.05) is 0 Å². The number of aromatic nitrogens is 1. The van der Waals surface area contributed by atoms with Crippen LogP contribution in [0, 0.1) is 10.1 Å². The number of carboxylic acids is 1. The number of carbonyl (C=O) groups is 1. The summed E-state index contributed by atoms with van der Waals surface area (Å²) in [6.07, 6.45) is 0.460. The minimum Gasteiger partial charge on any atom is -0.481 e. The lowest BCUT2D eigenvalue weighted by Gasteiger charge is -2.14. The Morgan fingerprint density at radius 2 is 2.42 bits per heavy atom. The molecule has 0 spiro atoms. The molecule has 0 radical (unpaired) electrons. The van der Waals surface area contributed by atoms with Crippen molar-refractivity contribution < 1.29 is 19.6 Å². The molecule has 1 unspecified atom stereocenters. The van der Waals surface area contributed by atoms with E-state index < -0.39 is 17.0 Å². The molecule has 0 bridgehead atoms. The third-order valence-corrected chi connectivity index (χ3v) is 2.87. The van der Waals surface area contributed by atoms with Gasteiger partial charge in [-0.2, -0.15) is 0 Å². The van der Waals surface area contributed by atoms with Gasteiger partial charge in [0, 0.05) is 19.7 Å². The van der Waals surface area contributed by atoms with Gasteiger partial charge in [0.05, 0.1) is 21.9 Å². The van der Waals surface area contributed by atoms with Crippen LogP contribution in [0.5, 0.6) is 0 Å². The molecule has 0 aliphatic heterocycles. The van der Waals surface area contributed by atoms with Gasteiger partial charge in [-0.15, -0.1) is 0 Å². The van der Waals surface area contributed by atoms with E-state index in [1.807, 2.05) is 0 Å². The molecule has 0 fully saturated rings. The van der Waals surface area contributed by atoms with Crippen molar-refractivity contribution in [1.29, 1.82) is 0 Å². The fourth-order valence-corrected chi connectivity index (χ4v) is 1.78. The van der Waals surface area contributed by atoms with E-state index in [2.05, 4.69) is 26.2 Å². The van der Waals surface area contributed by atoms with Crippen molar-refractivity contribution in [2.45, 2.75) is 12.5 Å². The number of hydrogen-bond donors (Lipinski definition) is 2. The fraction of sp³-hybridized carbons (Fsp3) is 0.400. The maximum Gasteiger partial charge on any atom is 0.306 e. The van der Waals surface area contributed by atoms with Gasteiger partial charge in [0.2, 0.25) is 0 Å². The average molecular weight is 334 g/mol. The highest BCUT2D eigenvalue weighted by Gasteiger charge is 2.14. The Kier molecular flexibility index (Phi) is 5.64. The number of pyridine rings is 1. The van der Waals surface area contributed by atoms with Gasteiger partial charge in [0.1, 0.15) is 12.0 Å². The third-order valence-electron chi connectivity index (χ3n) is 2.27. The van der Waals surface area contributed by atoms with E-state index >= 15 is 0 Å². The number of nitrogens with zero attached hydrogens (tertiary/aromatic N) is 2. The molecule has 0 saturated heterocycles. The molecule has 2 N–H and O–H groups in total. The van der Waals surface area contributed by atoms with E-state index in [9.17, 15) is 14.9 Å². The van der Waals surface area contributed by atoms with Crippen LogP contribution < -0.4 is 5.32 Å². The van der Waals surface area contributed by atoms with Crippen LogP contribution in [0.1, 0.15) is 6.42 Å². The minimum atomic E-state index is -0.968. The summed E-state index contributed by atoms with van der Waals surface area (Å²) in [5.74, 6) is -0.581. The summed E-state index contributed by atoms with van der Waals surface area (Å²) in [6, 6.07) is 1.31. The number of nitrogens with one attached hydrogen (secondary N) is 1. The van der Waals surface area contributed by atoms with Gasteiger partial charge in [-0.3, -0.25) is 14.9 Å². The van der Waals surface area contributed by atoms with E-state index in [0.29, 0.717) is 10.3 Å². The van der Waals surface area contributed by atoms with E-state index in [0.717, 1.165) is 6.20 Å². The Morgan fingerprint density at radius 1 is 1.74 bits per heavy atom. The second-order valence-corrected chi connectivity index (χ2v) is 4.47. The van der Waals surface area contributed by atoms with Crippen LogP contribution in [0.15, 0.2) is 16.7 Å². The van der Waals surface area contributed by atoms with Crippen molar-refractivity contribution in [3.63, 3.8) is 0 Å². The van der Waals surface area contributed by atoms with Crippen molar-refractivity contribution in [1.82, 2.24) is 4.98 Å². The van der Waals surface area contributed by atoms with Crippen LogP contribution >= 0.6 is 15.9 Å². The van der Waals surface area contributed by atoms with Gasteiger partial charge < -0.3 is 15.2 Å². The first-order chi connectivity index (χ1) is 8.93. The van der Waals surface area contributed by atoms with Crippen molar-refractivity contribution in [2.24, 2.45) is 0 Å². The van der Waals surface area contributed by atoms with E-state index in [-0.39, 0.29) is 18.7 Å². The molecular weight excluding hydrogens is 322 g/mol. The first kappa shape index (κ1) is 15.3. The number of anilines is 1. The monoisotopic (exact) mass is 333 g/mol. The summed E-state index contributed by atoms with van der Waals surface area (Å²) in [5.41, 5.74) is -0.133. The fourth-order valence-electron chi connectivity index (χ4n) is 1.30. The van der Waals surface area contributed by atoms with Crippen LogP contribution in [0.2, 0.25) is 0 Å². The highest BCUT2D eigenvalue weighted by Crippen LogP contribution is 2.24. The maximum atomic E-state index is 10.6. The normalized spacial score (nSPS) is 11.9. The number of aliphatic carboxylic acids is 1. The predicted molar refractivity (Wildman–Crippen MR) is 70.1 cm³/mol. The summed E-state index contributed by atoms with van der Waals surface area (Å²) in [4.78, 5) is 24.4. The smallest absolute Gasteiger partial charge is 0.306 e. The summed E-state index contributed by atoms with van der Waals surface area (Å²) >= 11 is 3.15. The number of hydrogen-bond acceptors (Lipinski definition) is 6. The molecule has 0 amide bonds. The summed E-state index contributed by atoms with van der Waals surface area (Å²) < 4.78 is 5.41. The second kappa shape index (κ2) is 7.00. The highest BCUT2D eigenvalue weighted by atomic mass is 79.9. The molecule has 1 rings (SSSR count). The highest BCUT2D eigenvalue weighted by molar-refractivity contribution is 9.10. The number of ether oxygens (including phenoxy) is 1. The maximum absolute atomic E-state index is 10.6. The zero-order valence-corrected chi connectivity index (χ0v) is 11.6. The third kappa shape index (κ3) is 4.79. The molecule has 104 valence electrons. The van der Waals surface area contributed by atoms with Crippen LogP contribution in [0.25, 0.3) is 0 Å². The molecule has 8 nitrogen and oxygen atoms in total. The van der Waals surface area contributed by atoms with Crippen molar-refractivity contribution in [3.8, 4) is 0 Å². The van der Waals surface area contributed by atoms with E-state index in [1.54, 1.807) is 0 Å². The van der Waals surface area contributed by atoms with Crippen LogP contribution in [-0.4, -0.2) is 40.7 Å². The molecule has 1 aromatic rings. The molecule has 9 heteroatoms. The average Bonchev–Trinajstić information content (AvgIpc) is 2.34. The molecular formula is C10H12BrN3O5. The topological polar surface area (TPSA) is 115 Å². The molecule has 0 aliphatic rings. The number of carboxylic acid groups (broad SMARTS) is 1. The number of nitro groups is 1.